The molecule has 0 heterocycles. The first-order valence-corrected chi connectivity index (χ1v) is 6.69. The molecule has 0 aliphatic rings. The lowest BCUT2D eigenvalue weighted by Crippen LogP contribution is -2.12. The first kappa shape index (κ1) is 15.1. The molecule has 2 aromatic carbocycles. The normalized spacial score (nSPS) is 10.2. The third-order valence-corrected chi connectivity index (χ3v) is 3.49. The van der Waals surface area contributed by atoms with Gasteiger partial charge >= 0.3 is 0 Å². The van der Waals surface area contributed by atoms with Crippen molar-refractivity contribution in [2.24, 2.45) is 0 Å². The van der Waals surface area contributed by atoms with Crippen LogP contribution in [0.4, 0.5) is 15.8 Å². The molecule has 2 rings (SSSR count). The van der Waals surface area contributed by atoms with Crippen LogP contribution in [-0.2, 0) is 0 Å². The summed E-state index contributed by atoms with van der Waals surface area (Å²) in [6.07, 6.45) is 0. The van der Waals surface area contributed by atoms with Gasteiger partial charge in [-0.15, -0.1) is 0 Å². The Morgan fingerprint density at radius 1 is 1.29 bits per heavy atom. The summed E-state index contributed by atoms with van der Waals surface area (Å²) in [5, 5.41) is 13.4. The molecule has 1 amide bonds. The number of benzene rings is 2. The van der Waals surface area contributed by atoms with Crippen LogP contribution in [0, 0.1) is 22.9 Å². The molecule has 0 radical (unpaired) electrons. The van der Waals surface area contributed by atoms with Gasteiger partial charge in [0.25, 0.3) is 11.6 Å². The minimum Gasteiger partial charge on any atom is -0.322 e. The minimum absolute atomic E-state index is 0.0882. The quantitative estimate of drug-likeness (QED) is 0.668. The Bertz CT molecular complexity index is 734. The second-order valence-electron chi connectivity index (χ2n) is 4.34. The van der Waals surface area contributed by atoms with Gasteiger partial charge in [-0.3, -0.25) is 14.9 Å². The average Bonchev–Trinajstić information content (AvgIpc) is 2.43. The van der Waals surface area contributed by atoms with E-state index in [0.29, 0.717) is 5.56 Å². The topological polar surface area (TPSA) is 72.2 Å². The van der Waals surface area contributed by atoms with E-state index >= 15 is 0 Å². The van der Waals surface area contributed by atoms with Gasteiger partial charge in [0.05, 0.1) is 9.40 Å². The molecule has 108 valence electrons. The zero-order chi connectivity index (χ0) is 15.6. The van der Waals surface area contributed by atoms with Gasteiger partial charge in [0.2, 0.25) is 0 Å². The monoisotopic (exact) mass is 352 g/mol. The number of carbonyl (C=O) groups excluding carboxylic acids is 1. The maximum Gasteiger partial charge on any atom is 0.274 e. The summed E-state index contributed by atoms with van der Waals surface area (Å²) in [5.74, 6) is -1.10. The molecular weight excluding hydrogens is 343 g/mol. The Hall–Kier alpha value is -2.28. The van der Waals surface area contributed by atoms with E-state index in [4.69, 9.17) is 0 Å². The highest BCUT2D eigenvalue weighted by atomic mass is 79.9. The third-order valence-electron chi connectivity index (χ3n) is 2.85. The van der Waals surface area contributed by atoms with Gasteiger partial charge < -0.3 is 5.32 Å². The van der Waals surface area contributed by atoms with E-state index in [1.807, 2.05) is 0 Å². The number of aryl methyl sites for hydroxylation is 1. The summed E-state index contributed by atoms with van der Waals surface area (Å²) in [6.45, 7) is 1.60. The second-order valence-corrected chi connectivity index (χ2v) is 5.20. The Kier molecular flexibility index (Phi) is 4.32. The van der Waals surface area contributed by atoms with Crippen molar-refractivity contribution in [2.45, 2.75) is 6.92 Å². The van der Waals surface area contributed by atoms with Crippen LogP contribution in [-0.4, -0.2) is 10.8 Å². The number of amides is 1. The predicted molar refractivity (Wildman–Crippen MR) is 79.9 cm³/mol. The first-order chi connectivity index (χ1) is 9.88. The van der Waals surface area contributed by atoms with Crippen LogP contribution in [0.2, 0.25) is 0 Å². The van der Waals surface area contributed by atoms with Gasteiger partial charge in [0.15, 0.2) is 0 Å². The van der Waals surface area contributed by atoms with Crippen LogP contribution in [0.25, 0.3) is 0 Å². The number of halogens is 2. The lowest BCUT2D eigenvalue weighted by molar-refractivity contribution is -0.385. The number of nitrogens with zero attached hydrogens (tertiary/aromatic N) is 1. The van der Waals surface area contributed by atoms with E-state index in [1.165, 1.54) is 24.3 Å². The second kappa shape index (κ2) is 6.01. The van der Waals surface area contributed by atoms with Crippen LogP contribution < -0.4 is 5.32 Å². The van der Waals surface area contributed by atoms with Crippen LogP contribution in [0.15, 0.2) is 40.9 Å². The van der Waals surface area contributed by atoms with Crippen molar-refractivity contribution in [2.75, 3.05) is 5.32 Å². The maximum absolute atomic E-state index is 13.4. The average molecular weight is 353 g/mol. The summed E-state index contributed by atoms with van der Waals surface area (Å²) in [5.41, 5.74) is 0.807. The van der Waals surface area contributed by atoms with E-state index in [0.717, 1.165) is 6.07 Å². The molecule has 1 N–H and O–H groups in total. The SMILES string of the molecule is Cc1ccc(NC(=O)c2ccc(Br)c(F)c2)cc1[N+](=O)[O-]. The molecule has 5 nitrogen and oxygen atoms in total. The fourth-order valence-corrected chi connectivity index (χ4v) is 1.97. The fourth-order valence-electron chi connectivity index (χ4n) is 1.72. The van der Waals surface area contributed by atoms with Gasteiger partial charge in [-0.2, -0.15) is 0 Å². The summed E-state index contributed by atoms with van der Waals surface area (Å²) in [4.78, 5) is 22.3. The number of rotatable bonds is 3. The molecule has 0 fully saturated rings. The number of hydrogen-bond donors (Lipinski definition) is 1. The number of nitrogens with one attached hydrogen (secondary N) is 1. The van der Waals surface area contributed by atoms with Crippen LogP contribution >= 0.6 is 15.9 Å². The Balaban J connectivity index is 2.25. The zero-order valence-corrected chi connectivity index (χ0v) is 12.5. The molecule has 0 spiro atoms. The largest absolute Gasteiger partial charge is 0.322 e. The molecule has 0 unspecified atom stereocenters. The van der Waals surface area contributed by atoms with E-state index in [-0.39, 0.29) is 21.4 Å². The summed E-state index contributed by atoms with van der Waals surface area (Å²) < 4.78 is 13.6. The van der Waals surface area contributed by atoms with Crippen molar-refractivity contribution in [3.8, 4) is 0 Å². The fraction of sp³-hybridized carbons (Fsp3) is 0.0714. The van der Waals surface area contributed by atoms with Crippen molar-refractivity contribution in [1.29, 1.82) is 0 Å². The number of nitro groups is 1. The Labute approximate surface area is 128 Å². The van der Waals surface area contributed by atoms with Gasteiger partial charge in [0, 0.05) is 22.9 Å². The van der Waals surface area contributed by atoms with Crippen molar-refractivity contribution < 1.29 is 14.1 Å². The van der Waals surface area contributed by atoms with E-state index in [2.05, 4.69) is 21.2 Å². The molecule has 21 heavy (non-hydrogen) atoms. The van der Waals surface area contributed by atoms with Crippen LogP contribution in [0.5, 0.6) is 0 Å². The van der Waals surface area contributed by atoms with Crippen molar-refractivity contribution in [3.63, 3.8) is 0 Å². The van der Waals surface area contributed by atoms with Gasteiger partial charge in [-0.25, -0.2) is 4.39 Å². The first-order valence-electron chi connectivity index (χ1n) is 5.90. The molecule has 0 bridgehead atoms. The van der Waals surface area contributed by atoms with Gasteiger partial charge in [-0.1, -0.05) is 6.07 Å². The predicted octanol–water partition coefficient (Wildman–Crippen LogP) is 4.06. The number of carbonyl (C=O) groups is 1. The molecule has 0 aliphatic carbocycles. The Morgan fingerprint density at radius 3 is 2.62 bits per heavy atom. The zero-order valence-electron chi connectivity index (χ0n) is 10.9. The molecule has 0 aromatic heterocycles. The molecule has 0 aliphatic heterocycles. The summed E-state index contributed by atoms with van der Waals surface area (Å²) >= 11 is 3.00. The highest BCUT2D eigenvalue weighted by Gasteiger charge is 2.14. The van der Waals surface area contributed by atoms with E-state index in [1.54, 1.807) is 13.0 Å². The molecule has 2 aromatic rings. The van der Waals surface area contributed by atoms with Crippen LogP contribution in [0.1, 0.15) is 15.9 Å². The van der Waals surface area contributed by atoms with Gasteiger partial charge in [0.1, 0.15) is 5.82 Å². The van der Waals surface area contributed by atoms with Crippen molar-refractivity contribution in [3.05, 3.63) is 67.9 Å². The third kappa shape index (κ3) is 3.43. The van der Waals surface area contributed by atoms with E-state index < -0.39 is 16.6 Å². The highest BCUT2D eigenvalue weighted by Crippen LogP contribution is 2.23. The molecule has 0 saturated carbocycles. The number of hydrogen-bond acceptors (Lipinski definition) is 3. The number of nitro benzene ring substituents is 1. The molecule has 7 heteroatoms. The van der Waals surface area contributed by atoms with Crippen molar-refractivity contribution >= 4 is 33.2 Å². The summed E-state index contributed by atoms with van der Waals surface area (Å²) in [7, 11) is 0. The molecule has 0 saturated heterocycles. The van der Waals surface area contributed by atoms with E-state index in [9.17, 15) is 19.3 Å². The lowest BCUT2D eigenvalue weighted by Gasteiger charge is -2.07. The van der Waals surface area contributed by atoms with Gasteiger partial charge in [-0.05, 0) is 47.1 Å². The number of anilines is 1. The maximum atomic E-state index is 13.4. The smallest absolute Gasteiger partial charge is 0.274 e. The molecular formula is C14H10BrFN2O3. The Morgan fingerprint density at radius 2 is 2.00 bits per heavy atom. The molecule has 0 atom stereocenters. The highest BCUT2D eigenvalue weighted by molar-refractivity contribution is 9.10. The summed E-state index contributed by atoms with van der Waals surface area (Å²) in [6, 6.07) is 8.31. The standard InChI is InChI=1S/C14H10BrFN2O3/c1-8-2-4-10(7-13(8)18(20)21)17-14(19)9-3-5-11(15)12(16)6-9/h2-7H,1H3,(H,17,19). The minimum atomic E-state index is -0.558. The van der Waals surface area contributed by atoms with Crippen LogP contribution in [0.3, 0.4) is 0 Å². The lowest BCUT2D eigenvalue weighted by atomic mass is 10.1. The van der Waals surface area contributed by atoms with Crippen molar-refractivity contribution in [1.82, 2.24) is 0 Å².